The summed E-state index contributed by atoms with van der Waals surface area (Å²) in [6.45, 7) is 3.50. The third kappa shape index (κ3) is 4.34. The van der Waals surface area contributed by atoms with Gasteiger partial charge in [-0.15, -0.1) is 0 Å². The Morgan fingerprint density at radius 1 is 1.24 bits per heavy atom. The van der Waals surface area contributed by atoms with Crippen LogP contribution in [0.15, 0.2) is 30.3 Å². The Labute approximate surface area is 153 Å². The Bertz CT molecular complexity index is 635. The molecule has 136 valence electrons. The third-order valence-corrected chi connectivity index (χ3v) is 4.76. The molecule has 1 heterocycles. The van der Waals surface area contributed by atoms with Gasteiger partial charge in [-0.3, -0.25) is 9.69 Å². The predicted octanol–water partition coefficient (Wildman–Crippen LogP) is 2.34. The lowest BCUT2D eigenvalue weighted by atomic mass is 10.0. The van der Waals surface area contributed by atoms with Crippen LogP contribution in [0.1, 0.15) is 25.8 Å². The maximum absolute atomic E-state index is 12.7. The highest BCUT2D eigenvalue weighted by Gasteiger charge is 2.45. The maximum atomic E-state index is 12.7. The Morgan fingerprint density at radius 2 is 1.88 bits per heavy atom. The number of benzene rings is 1. The number of thiol groups is 1. The van der Waals surface area contributed by atoms with E-state index in [1.807, 2.05) is 44.2 Å². The maximum Gasteiger partial charge on any atom is 0.328 e. The molecule has 1 aliphatic heterocycles. The second-order valence-electron chi connectivity index (χ2n) is 6.39. The zero-order chi connectivity index (χ0) is 18.6. The Morgan fingerprint density at radius 3 is 2.44 bits per heavy atom. The van der Waals surface area contributed by atoms with Crippen molar-refractivity contribution in [3.8, 4) is 0 Å². The lowest BCUT2D eigenvalue weighted by Gasteiger charge is -2.28. The Balaban J connectivity index is 2.08. The minimum atomic E-state index is -0.777. The van der Waals surface area contributed by atoms with E-state index in [9.17, 15) is 14.4 Å². The topological polar surface area (TPSA) is 66.9 Å². The van der Waals surface area contributed by atoms with Gasteiger partial charge < -0.3 is 9.64 Å². The summed E-state index contributed by atoms with van der Waals surface area (Å²) in [5.41, 5.74) is 1.12. The molecule has 2 rings (SSSR count). The van der Waals surface area contributed by atoms with E-state index in [2.05, 4.69) is 12.6 Å². The largest absolute Gasteiger partial charge is 0.467 e. The number of hydrogen-bond donors (Lipinski definition) is 1. The van der Waals surface area contributed by atoms with Gasteiger partial charge in [0.25, 0.3) is 5.91 Å². The number of rotatable bonds is 7. The molecular weight excluding hydrogens is 340 g/mol. The van der Waals surface area contributed by atoms with E-state index in [0.29, 0.717) is 12.8 Å². The monoisotopic (exact) mass is 364 g/mol. The van der Waals surface area contributed by atoms with Gasteiger partial charge in [0.05, 0.1) is 12.5 Å². The quantitative estimate of drug-likeness (QED) is 0.458. The van der Waals surface area contributed by atoms with Crippen molar-refractivity contribution in [1.82, 2.24) is 9.80 Å². The van der Waals surface area contributed by atoms with Gasteiger partial charge in [-0.2, -0.15) is 12.6 Å². The first-order chi connectivity index (χ1) is 11.9. The van der Waals surface area contributed by atoms with Gasteiger partial charge in [0.2, 0.25) is 0 Å². The molecule has 6 nitrogen and oxygen atoms in total. The predicted molar refractivity (Wildman–Crippen MR) is 97.1 cm³/mol. The lowest BCUT2D eigenvalue weighted by Crippen LogP contribution is -2.48. The molecule has 2 atom stereocenters. The van der Waals surface area contributed by atoms with Crippen LogP contribution in [0, 0.1) is 5.92 Å². The normalized spacial score (nSPS) is 17.2. The molecule has 0 saturated carbocycles. The number of aryl methyl sites for hydroxylation is 1. The van der Waals surface area contributed by atoms with E-state index in [-0.39, 0.29) is 18.4 Å². The van der Waals surface area contributed by atoms with Gasteiger partial charge in [0, 0.05) is 0 Å². The number of esters is 1. The Hall–Kier alpha value is -2.02. The lowest BCUT2D eigenvalue weighted by molar-refractivity contribution is -0.147. The van der Waals surface area contributed by atoms with Crippen LogP contribution in [0.3, 0.4) is 0 Å². The van der Waals surface area contributed by atoms with Crippen molar-refractivity contribution in [3.63, 3.8) is 0 Å². The second-order valence-corrected chi connectivity index (χ2v) is 6.99. The summed E-state index contributed by atoms with van der Waals surface area (Å²) in [4.78, 5) is 39.5. The summed E-state index contributed by atoms with van der Waals surface area (Å²) in [6.07, 6.45) is 1.25. The SMILES string of the molecule is COC(=O)C(C(C)C)N1CC(=O)N(C(S)CCc2ccccc2)C1=O. The molecule has 0 aliphatic carbocycles. The van der Waals surface area contributed by atoms with E-state index in [0.717, 1.165) is 10.5 Å². The number of nitrogens with zero attached hydrogens (tertiary/aromatic N) is 2. The van der Waals surface area contributed by atoms with Gasteiger partial charge >= 0.3 is 12.0 Å². The first kappa shape index (κ1) is 19.3. The van der Waals surface area contributed by atoms with E-state index < -0.39 is 23.4 Å². The van der Waals surface area contributed by atoms with E-state index >= 15 is 0 Å². The van der Waals surface area contributed by atoms with E-state index in [4.69, 9.17) is 4.74 Å². The number of amides is 3. The highest BCUT2D eigenvalue weighted by atomic mass is 32.1. The van der Waals surface area contributed by atoms with E-state index in [1.165, 1.54) is 12.0 Å². The van der Waals surface area contributed by atoms with Crippen LogP contribution in [0.5, 0.6) is 0 Å². The molecule has 1 aliphatic rings. The molecule has 1 aromatic rings. The number of hydrogen-bond acceptors (Lipinski definition) is 5. The molecule has 1 fully saturated rings. The highest BCUT2D eigenvalue weighted by Crippen LogP contribution is 2.24. The molecule has 1 saturated heterocycles. The van der Waals surface area contributed by atoms with Crippen molar-refractivity contribution in [3.05, 3.63) is 35.9 Å². The van der Waals surface area contributed by atoms with Crippen molar-refractivity contribution in [2.24, 2.45) is 5.92 Å². The first-order valence-electron chi connectivity index (χ1n) is 8.29. The standard InChI is InChI=1S/C18H24N2O4S/c1-12(2)16(17(22)24-3)19-11-14(21)20(18(19)23)15(25)10-9-13-7-5-4-6-8-13/h4-8,12,15-16,25H,9-11H2,1-3H3. The molecule has 0 radical (unpaired) electrons. The number of carbonyl (C=O) groups is 3. The van der Waals surface area contributed by atoms with Crippen LogP contribution in [-0.2, 0) is 20.7 Å². The average molecular weight is 364 g/mol. The van der Waals surface area contributed by atoms with Crippen LogP contribution in [-0.4, -0.2) is 52.8 Å². The highest BCUT2D eigenvalue weighted by molar-refractivity contribution is 7.80. The number of urea groups is 1. The molecule has 3 amide bonds. The summed E-state index contributed by atoms with van der Waals surface area (Å²) in [5.74, 6) is -1.02. The second kappa shape index (κ2) is 8.38. The number of imide groups is 1. The third-order valence-electron chi connectivity index (χ3n) is 4.27. The molecule has 2 unspecified atom stereocenters. The van der Waals surface area contributed by atoms with Crippen molar-refractivity contribution >= 4 is 30.5 Å². The fraction of sp³-hybridized carbons (Fsp3) is 0.500. The number of carbonyl (C=O) groups excluding carboxylic acids is 3. The minimum Gasteiger partial charge on any atom is -0.467 e. The van der Waals surface area contributed by atoms with Crippen LogP contribution in [0.4, 0.5) is 4.79 Å². The molecule has 25 heavy (non-hydrogen) atoms. The van der Waals surface area contributed by atoms with Gasteiger partial charge in [-0.25, -0.2) is 9.59 Å². The van der Waals surface area contributed by atoms with Crippen molar-refractivity contribution in [1.29, 1.82) is 0 Å². The fourth-order valence-corrected chi connectivity index (χ4v) is 3.35. The fourth-order valence-electron chi connectivity index (χ4n) is 3.00. The van der Waals surface area contributed by atoms with Gasteiger partial charge in [0.15, 0.2) is 0 Å². The first-order valence-corrected chi connectivity index (χ1v) is 8.81. The van der Waals surface area contributed by atoms with Crippen LogP contribution < -0.4 is 0 Å². The summed E-state index contributed by atoms with van der Waals surface area (Å²) < 4.78 is 4.79. The van der Waals surface area contributed by atoms with Crippen molar-refractivity contribution < 1.29 is 19.1 Å². The smallest absolute Gasteiger partial charge is 0.328 e. The molecule has 0 aromatic heterocycles. The summed E-state index contributed by atoms with van der Waals surface area (Å²) in [5, 5.41) is -0.532. The van der Waals surface area contributed by atoms with Gasteiger partial charge in [0.1, 0.15) is 12.6 Å². The molecule has 0 N–H and O–H groups in total. The van der Waals surface area contributed by atoms with Crippen molar-refractivity contribution in [2.45, 2.75) is 38.1 Å². The average Bonchev–Trinajstić information content (AvgIpc) is 2.87. The van der Waals surface area contributed by atoms with Gasteiger partial charge in [-0.05, 0) is 24.3 Å². The summed E-state index contributed by atoms with van der Waals surface area (Å²) in [6, 6.07) is 8.55. The Kier molecular flexibility index (Phi) is 6.47. The molecule has 0 bridgehead atoms. The summed E-state index contributed by atoms with van der Waals surface area (Å²) in [7, 11) is 1.28. The number of ether oxygens (including phenoxy) is 1. The molecule has 0 spiro atoms. The van der Waals surface area contributed by atoms with Gasteiger partial charge in [-0.1, -0.05) is 44.2 Å². The molecule has 1 aromatic carbocycles. The van der Waals surface area contributed by atoms with Crippen molar-refractivity contribution in [2.75, 3.05) is 13.7 Å². The zero-order valence-corrected chi connectivity index (χ0v) is 15.6. The minimum absolute atomic E-state index is 0.126. The molecular formula is C18H24N2O4S. The van der Waals surface area contributed by atoms with Crippen LogP contribution >= 0.6 is 12.6 Å². The number of methoxy groups -OCH3 is 1. The van der Waals surface area contributed by atoms with E-state index in [1.54, 1.807) is 0 Å². The molecule has 7 heteroatoms. The summed E-state index contributed by atoms with van der Waals surface area (Å²) >= 11 is 4.45. The zero-order valence-electron chi connectivity index (χ0n) is 14.7. The van der Waals surface area contributed by atoms with Crippen LogP contribution in [0.25, 0.3) is 0 Å². The van der Waals surface area contributed by atoms with Crippen LogP contribution in [0.2, 0.25) is 0 Å².